The van der Waals surface area contributed by atoms with Gasteiger partial charge in [0.1, 0.15) is 0 Å². The Bertz CT molecular complexity index is 365. The molecule has 0 aromatic heterocycles. The predicted molar refractivity (Wildman–Crippen MR) is 58.6 cm³/mol. The summed E-state index contributed by atoms with van der Waals surface area (Å²) in [6.45, 7) is 2.63. The Morgan fingerprint density at radius 1 is 1.50 bits per heavy atom. The molecule has 16 heavy (non-hydrogen) atoms. The van der Waals surface area contributed by atoms with Crippen molar-refractivity contribution in [2.45, 2.75) is 13.5 Å². The lowest BCUT2D eigenvalue weighted by molar-refractivity contribution is -0.135. The fraction of sp³-hybridized carbons (Fsp3) is 0.364. The van der Waals surface area contributed by atoms with Gasteiger partial charge in [-0.3, -0.25) is 4.79 Å². The zero-order valence-electron chi connectivity index (χ0n) is 9.06. The highest BCUT2D eigenvalue weighted by atomic mass is 16.5. The van der Waals surface area contributed by atoms with Crippen LogP contribution in [-0.4, -0.2) is 29.3 Å². The van der Waals surface area contributed by atoms with Crippen LogP contribution in [0.5, 0.6) is 11.5 Å². The molecule has 0 heterocycles. The van der Waals surface area contributed by atoms with Gasteiger partial charge < -0.3 is 20.3 Å². The summed E-state index contributed by atoms with van der Waals surface area (Å²) in [7, 11) is 0. The molecular weight excluding hydrogens is 210 g/mol. The van der Waals surface area contributed by atoms with Crippen molar-refractivity contribution in [3.63, 3.8) is 0 Å². The van der Waals surface area contributed by atoms with Crippen LogP contribution >= 0.6 is 0 Å². The number of aromatic hydroxyl groups is 1. The third-order valence-electron chi connectivity index (χ3n) is 1.93. The number of carbonyl (C=O) groups is 1. The molecule has 88 valence electrons. The molecule has 1 aromatic rings. The van der Waals surface area contributed by atoms with Gasteiger partial charge >= 0.3 is 5.97 Å². The number of aliphatic carboxylic acids is 1. The van der Waals surface area contributed by atoms with Gasteiger partial charge in [0.05, 0.1) is 13.2 Å². The maximum atomic E-state index is 10.3. The second-order valence-corrected chi connectivity index (χ2v) is 3.23. The van der Waals surface area contributed by atoms with Crippen LogP contribution in [0.4, 0.5) is 0 Å². The molecule has 0 bridgehead atoms. The van der Waals surface area contributed by atoms with Crippen molar-refractivity contribution in [3.05, 3.63) is 23.8 Å². The number of hydrogen-bond donors (Lipinski definition) is 3. The fourth-order valence-electron chi connectivity index (χ4n) is 1.25. The first-order valence-electron chi connectivity index (χ1n) is 5.00. The number of nitrogens with one attached hydrogen (secondary N) is 1. The van der Waals surface area contributed by atoms with E-state index >= 15 is 0 Å². The molecule has 5 nitrogen and oxygen atoms in total. The van der Waals surface area contributed by atoms with Crippen LogP contribution in [-0.2, 0) is 11.3 Å². The zero-order chi connectivity index (χ0) is 12.0. The topological polar surface area (TPSA) is 78.8 Å². The summed E-state index contributed by atoms with van der Waals surface area (Å²) in [4.78, 5) is 10.3. The van der Waals surface area contributed by atoms with E-state index < -0.39 is 5.97 Å². The highest BCUT2D eigenvalue weighted by Crippen LogP contribution is 2.26. The van der Waals surface area contributed by atoms with Crippen LogP contribution in [0.1, 0.15) is 12.5 Å². The van der Waals surface area contributed by atoms with Crippen molar-refractivity contribution in [3.8, 4) is 11.5 Å². The molecule has 0 spiro atoms. The molecule has 0 atom stereocenters. The monoisotopic (exact) mass is 225 g/mol. The van der Waals surface area contributed by atoms with E-state index in [-0.39, 0.29) is 12.3 Å². The summed E-state index contributed by atoms with van der Waals surface area (Å²) >= 11 is 0. The van der Waals surface area contributed by atoms with Gasteiger partial charge in [0.2, 0.25) is 0 Å². The molecule has 5 heteroatoms. The van der Waals surface area contributed by atoms with E-state index in [4.69, 9.17) is 9.84 Å². The third kappa shape index (κ3) is 3.78. The number of ether oxygens (including phenoxy) is 1. The van der Waals surface area contributed by atoms with Gasteiger partial charge in [-0.05, 0) is 24.6 Å². The molecule has 0 saturated heterocycles. The average molecular weight is 225 g/mol. The van der Waals surface area contributed by atoms with Crippen LogP contribution in [0, 0.1) is 0 Å². The lowest BCUT2D eigenvalue weighted by Gasteiger charge is -2.08. The molecule has 3 N–H and O–H groups in total. The first kappa shape index (κ1) is 12.3. The Morgan fingerprint density at radius 3 is 2.88 bits per heavy atom. The largest absolute Gasteiger partial charge is 0.504 e. The summed E-state index contributed by atoms with van der Waals surface area (Å²) in [5.41, 5.74) is 0.863. The van der Waals surface area contributed by atoms with Gasteiger partial charge in [-0.25, -0.2) is 0 Å². The molecule has 0 saturated carbocycles. The minimum Gasteiger partial charge on any atom is -0.504 e. The summed E-state index contributed by atoms with van der Waals surface area (Å²) in [5, 5.41) is 20.6. The molecule has 1 rings (SSSR count). The maximum Gasteiger partial charge on any atom is 0.317 e. The van der Waals surface area contributed by atoms with Crippen LogP contribution in [0.25, 0.3) is 0 Å². The first-order chi connectivity index (χ1) is 7.63. The van der Waals surface area contributed by atoms with Crippen LogP contribution in [0.15, 0.2) is 18.2 Å². The SMILES string of the molecule is CCOc1cc(CNCC(=O)O)ccc1O. The van der Waals surface area contributed by atoms with Crippen molar-refractivity contribution in [2.24, 2.45) is 0 Å². The van der Waals surface area contributed by atoms with Gasteiger partial charge in [-0.2, -0.15) is 0 Å². The minimum absolute atomic E-state index is 0.0869. The molecule has 0 amide bonds. The smallest absolute Gasteiger partial charge is 0.317 e. The Balaban J connectivity index is 2.60. The van der Waals surface area contributed by atoms with Crippen molar-refractivity contribution < 1.29 is 19.7 Å². The Morgan fingerprint density at radius 2 is 2.25 bits per heavy atom. The van der Waals surface area contributed by atoms with Gasteiger partial charge in [0.25, 0.3) is 0 Å². The lowest BCUT2D eigenvalue weighted by Crippen LogP contribution is -2.21. The zero-order valence-corrected chi connectivity index (χ0v) is 9.06. The average Bonchev–Trinajstić information content (AvgIpc) is 2.22. The second-order valence-electron chi connectivity index (χ2n) is 3.23. The number of phenolic OH excluding ortho intramolecular Hbond substituents is 1. The quantitative estimate of drug-likeness (QED) is 0.672. The summed E-state index contributed by atoms with van der Waals surface area (Å²) in [6, 6.07) is 4.93. The summed E-state index contributed by atoms with van der Waals surface area (Å²) in [6.07, 6.45) is 0. The van der Waals surface area contributed by atoms with Crippen molar-refractivity contribution >= 4 is 5.97 Å². The lowest BCUT2D eigenvalue weighted by atomic mass is 10.2. The van der Waals surface area contributed by atoms with Crippen LogP contribution in [0.3, 0.4) is 0 Å². The molecular formula is C11H15NO4. The van der Waals surface area contributed by atoms with Crippen molar-refractivity contribution in [1.82, 2.24) is 5.32 Å². The standard InChI is InChI=1S/C11H15NO4/c1-2-16-10-5-8(3-4-9(10)13)6-12-7-11(14)15/h3-5,12-13H,2,6-7H2,1H3,(H,14,15). The van der Waals surface area contributed by atoms with Gasteiger partial charge in [0, 0.05) is 6.54 Å². The summed E-state index contributed by atoms with van der Waals surface area (Å²) in [5.74, 6) is -0.398. The molecule has 0 aliphatic rings. The van der Waals surface area contributed by atoms with Gasteiger partial charge in [-0.1, -0.05) is 6.07 Å². The van der Waals surface area contributed by atoms with E-state index in [1.54, 1.807) is 12.1 Å². The van der Waals surface area contributed by atoms with E-state index in [1.165, 1.54) is 6.07 Å². The van der Waals surface area contributed by atoms with E-state index in [0.29, 0.717) is 18.9 Å². The second kappa shape index (κ2) is 5.97. The van der Waals surface area contributed by atoms with E-state index in [2.05, 4.69) is 5.32 Å². The normalized spacial score (nSPS) is 10.1. The Labute approximate surface area is 93.7 Å². The molecule has 1 aromatic carbocycles. The number of rotatable bonds is 6. The van der Waals surface area contributed by atoms with E-state index in [0.717, 1.165) is 5.56 Å². The maximum absolute atomic E-state index is 10.3. The van der Waals surface area contributed by atoms with Crippen LogP contribution < -0.4 is 10.1 Å². The predicted octanol–water partition coefficient (Wildman–Crippen LogP) is 0.965. The number of hydrogen-bond acceptors (Lipinski definition) is 4. The van der Waals surface area contributed by atoms with Crippen molar-refractivity contribution in [2.75, 3.05) is 13.2 Å². The number of benzene rings is 1. The molecule has 0 fully saturated rings. The Kier molecular flexibility index (Phi) is 4.60. The Hall–Kier alpha value is -1.75. The fourth-order valence-corrected chi connectivity index (χ4v) is 1.25. The third-order valence-corrected chi connectivity index (χ3v) is 1.93. The molecule has 0 aliphatic carbocycles. The summed E-state index contributed by atoms with van der Waals surface area (Å²) < 4.78 is 5.21. The number of phenols is 1. The van der Waals surface area contributed by atoms with Gasteiger partial charge in [0.15, 0.2) is 11.5 Å². The highest BCUT2D eigenvalue weighted by Gasteiger charge is 2.03. The molecule has 0 radical (unpaired) electrons. The number of carboxylic acid groups (broad SMARTS) is 1. The number of carboxylic acids is 1. The van der Waals surface area contributed by atoms with Crippen LogP contribution in [0.2, 0.25) is 0 Å². The molecule has 0 aliphatic heterocycles. The minimum atomic E-state index is -0.899. The van der Waals surface area contributed by atoms with Gasteiger partial charge in [-0.15, -0.1) is 0 Å². The first-order valence-corrected chi connectivity index (χ1v) is 5.00. The molecule has 0 unspecified atom stereocenters. The van der Waals surface area contributed by atoms with E-state index in [1.807, 2.05) is 6.92 Å². The van der Waals surface area contributed by atoms with Crippen molar-refractivity contribution in [1.29, 1.82) is 0 Å². The van der Waals surface area contributed by atoms with E-state index in [9.17, 15) is 9.90 Å². The highest BCUT2D eigenvalue weighted by molar-refractivity contribution is 5.69.